The first-order valence-electron chi connectivity index (χ1n) is 5.68. The van der Waals surface area contributed by atoms with Gasteiger partial charge in [-0.05, 0) is 36.1 Å². The van der Waals surface area contributed by atoms with Crippen LogP contribution in [0.15, 0.2) is 18.2 Å². The summed E-state index contributed by atoms with van der Waals surface area (Å²) in [4.78, 5) is 22.4. The third kappa shape index (κ3) is 4.16. The average molecular weight is 295 g/mol. The average Bonchev–Trinajstić information content (AvgIpc) is 2.66. The van der Waals surface area contributed by atoms with Crippen molar-refractivity contribution in [2.75, 3.05) is 11.9 Å². The topological polar surface area (TPSA) is 96.0 Å². The molecule has 1 aromatic rings. The number of fused-ring (bicyclic) bond motifs is 1. The van der Waals surface area contributed by atoms with Crippen LogP contribution in [-0.2, 0) is 22.4 Å². The van der Waals surface area contributed by atoms with Gasteiger partial charge in [0.25, 0.3) is 0 Å². The maximum atomic E-state index is 11.3. The summed E-state index contributed by atoms with van der Waals surface area (Å²) >= 11 is 0. The van der Waals surface area contributed by atoms with Gasteiger partial charge in [0, 0.05) is 20.0 Å². The molecule has 0 aliphatic heterocycles. The Hall–Kier alpha value is -0.179. The van der Waals surface area contributed by atoms with Gasteiger partial charge in [-0.15, -0.1) is 5.41 Å². The monoisotopic (exact) mass is 295 g/mol. The largest absolute Gasteiger partial charge is 1.00 e. The van der Waals surface area contributed by atoms with E-state index in [-0.39, 0.29) is 72.2 Å². The minimum Gasteiger partial charge on any atom is -0.670 e. The molecule has 99 valence electrons. The molecule has 0 spiro atoms. The van der Waals surface area contributed by atoms with Gasteiger partial charge >= 0.3 is 51.4 Å². The summed E-state index contributed by atoms with van der Waals surface area (Å²) < 4.78 is 0. The van der Waals surface area contributed by atoms with E-state index < -0.39 is 11.3 Å². The van der Waals surface area contributed by atoms with E-state index in [1.807, 2.05) is 12.1 Å². The predicted molar refractivity (Wildman–Crippen MR) is 74.4 cm³/mol. The van der Waals surface area contributed by atoms with Gasteiger partial charge in [-0.1, -0.05) is 6.07 Å². The predicted octanol–water partition coefficient (Wildman–Crippen LogP) is -2.30. The first-order chi connectivity index (χ1) is 8.44. The number of nitrogens with one attached hydrogen (secondary N) is 2. The Morgan fingerprint density at radius 1 is 1.35 bits per heavy atom. The minimum absolute atomic E-state index is 0. The Kier molecular flexibility index (Phi) is 7.65. The van der Waals surface area contributed by atoms with Gasteiger partial charge in [-0.25, -0.2) is 0 Å². The summed E-state index contributed by atoms with van der Waals surface area (Å²) in [6.45, 7) is 3.78. The van der Waals surface area contributed by atoms with Crippen molar-refractivity contribution >= 4 is 25.9 Å². The number of nitrogens with two attached hydrogens (primary N) is 1. The maximum Gasteiger partial charge on any atom is 1.00 e. The summed E-state index contributed by atoms with van der Waals surface area (Å²) in [5.74, 6) is -0.906. The molecule has 0 fully saturated rings. The molecule has 0 heterocycles. The van der Waals surface area contributed by atoms with Crippen LogP contribution in [0, 0.1) is 12.3 Å². The number of carbonyl (C=O) groups is 2. The van der Waals surface area contributed by atoms with Crippen LogP contribution in [0.3, 0.4) is 0 Å². The molecular weight excluding hydrogens is 280 g/mol. The first-order valence-corrected chi connectivity index (χ1v) is 5.68. The van der Waals surface area contributed by atoms with Crippen molar-refractivity contribution in [3.63, 3.8) is 0 Å². The molecule has 3 radical (unpaired) electrons. The molecule has 1 atom stereocenters. The molecule has 2 rings (SSSR count). The number of anilines is 1. The van der Waals surface area contributed by atoms with Gasteiger partial charge in [0.1, 0.15) is 0 Å². The summed E-state index contributed by atoms with van der Waals surface area (Å²) in [7, 11) is 0. The molecule has 0 aromatic heterocycles. The first kappa shape index (κ1) is 19.8. The number of rotatable bonds is 3. The van der Waals surface area contributed by atoms with Crippen LogP contribution in [0.25, 0.3) is 5.73 Å². The standard InChI is InChI=1S/C13H16N3O2.B.K/c1-13(12(15)18)5-8-2-3-10(4-9(8)6-13)16-11(17)7-14;;/h2-4H,1,5-7,14H2,(H3,15,16,17,18);;/q-1;;+1/p-1. The Morgan fingerprint density at radius 3 is 2.50 bits per heavy atom. The van der Waals surface area contributed by atoms with Gasteiger partial charge in [0.05, 0.1) is 6.54 Å². The summed E-state index contributed by atoms with van der Waals surface area (Å²) in [6, 6.07) is 5.45. The van der Waals surface area contributed by atoms with Gasteiger partial charge in [0.15, 0.2) is 0 Å². The fourth-order valence-corrected chi connectivity index (χ4v) is 2.20. The number of amides is 2. The zero-order valence-corrected chi connectivity index (χ0v) is 14.7. The number of hydrogen-bond acceptors (Lipinski definition) is 3. The summed E-state index contributed by atoms with van der Waals surface area (Å²) in [5, 5.41) is 2.66. The van der Waals surface area contributed by atoms with E-state index in [0.29, 0.717) is 18.5 Å². The second-order valence-electron chi connectivity index (χ2n) is 4.70. The van der Waals surface area contributed by atoms with Crippen LogP contribution in [0.1, 0.15) is 11.1 Å². The van der Waals surface area contributed by atoms with E-state index >= 15 is 0 Å². The smallest absolute Gasteiger partial charge is 0.670 e. The van der Waals surface area contributed by atoms with Gasteiger partial charge in [0.2, 0.25) is 5.91 Å². The van der Waals surface area contributed by atoms with Crippen molar-refractivity contribution in [1.29, 1.82) is 0 Å². The van der Waals surface area contributed by atoms with Crippen molar-refractivity contribution in [2.45, 2.75) is 12.8 Å². The van der Waals surface area contributed by atoms with E-state index in [4.69, 9.17) is 11.5 Å². The van der Waals surface area contributed by atoms with E-state index in [2.05, 4.69) is 12.2 Å². The van der Waals surface area contributed by atoms with Gasteiger partial charge < -0.3 is 28.5 Å². The minimum atomic E-state index is -0.876. The third-order valence-corrected chi connectivity index (χ3v) is 3.21. The molecular formula is C13H15BKN3O2-. The molecule has 2 amide bonds. The van der Waals surface area contributed by atoms with E-state index in [1.165, 1.54) is 0 Å². The molecule has 0 bridgehead atoms. The van der Waals surface area contributed by atoms with Crippen molar-refractivity contribution in [2.24, 2.45) is 11.1 Å². The fraction of sp³-hybridized carbons (Fsp3) is 0.308. The van der Waals surface area contributed by atoms with E-state index in [0.717, 1.165) is 11.1 Å². The SMILES string of the molecule is [B].[CH2-]C1(C([NH-])=O)Cc2ccc(NC(=O)CN)cc2C1.[K+]. The molecule has 0 saturated carbocycles. The molecule has 1 aliphatic rings. The number of benzene rings is 1. The quantitative estimate of drug-likeness (QED) is 0.485. The van der Waals surface area contributed by atoms with Crippen molar-refractivity contribution < 1.29 is 61.0 Å². The molecule has 0 saturated heterocycles. The third-order valence-electron chi connectivity index (χ3n) is 3.21. The fourth-order valence-electron chi connectivity index (χ4n) is 2.20. The van der Waals surface area contributed by atoms with Crippen LogP contribution in [0.2, 0.25) is 0 Å². The van der Waals surface area contributed by atoms with Crippen molar-refractivity contribution in [3.05, 3.63) is 42.0 Å². The Bertz CT molecular complexity index is 524. The molecule has 5 nitrogen and oxygen atoms in total. The Labute approximate surface area is 163 Å². The van der Waals surface area contributed by atoms with Gasteiger partial charge in [-0.3, -0.25) is 4.79 Å². The molecule has 20 heavy (non-hydrogen) atoms. The Morgan fingerprint density at radius 2 is 1.95 bits per heavy atom. The molecule has 4 N–H and O–H groups in total. The zero-order valence-electron chi connectivity index (χ0n) is 11.5. The van der Waals surface area contributed by atoms with Crippen molar-refractivity contribution in [3.8, 4) is 0 Å². The van der Waals surface area contributed by atoms with E-state index in [9.17, 15) is 9.59 Å². The summed E-state index contributed by atoms with van der Waals surface area (Å²) in [5.41, 5.74) is 14.2. The van der Waals surface area contributed by atoms with Crippen LogP contribution < -0.4 is 62.4 Å². The second kappa shape index (κ2) is 7.72. The van der Waals surface area contributed by atoms with Crippen molar-refractivity contribution in [1.82, 2.24) is 0 Å². The van der Waals surface area contributed by atoms with Crippen LogP contribution >= 0.6 is 0 Å². The normalized spacial score (nSPS) is 19.3. The van der Waals surface area contributed by atoms with E-state index in [1.54, 1.807) is 6.07 Å². The molecule has 1 aliphatic carbocycles. The maximum absolute atomic E-state index is 11.3. The van der Waals surface area contributed by atoms with Crippen LogP contribution in [0.5, 0.6) is 0 Å². The van der Waals surface area contributed by atoms with Crippen LogP contribution in [-0.4, -0.2) is 26.8 Å². The zero-order chi connectivity index (χ0) is 13.3. The molecule has 1 aromatic carbocycles. The number of carbonyl (C=O) groups excluding carboxylic acids is 2. The number of hydrogen-bond donors (Lipinski definition) is 2. The van der Waals surface area contributed by atoms with Crippen LogP contribution in [0.4, 0.5) is 5.69 Å². The Balaban J connectivity index is 0.00000180. The molecule has 7 heteroatoms. The second-order valence-corrected chi connectivity index (χ2v) is 4.70. The summed E-state index contributed by atoms with van der Waals surface area (Å²) in [6.07, 6.45) is 0.923. The van der Waals surface area contributed by atoms with Gasteiger partial charge in [-0.2, -0.15) is 0 Å². The molecule has 1 unspecified atom stereocenters.